The number of aromatic nitrogens is 2. The van der Waals surface area contributed by atoms with Gasteiger partial charge in [0.25, 0.3) is 0 Å². The van der Waals surface area contributed by atoms with Crippen molar-refractivity contribution in [3.05, 3.63) is 10.8 Å². The van der Waals surface area contributed by atoms with Crippen LogP contribution in [-0.2, 0) is 0 Å². The molecule has 0 saturated carbocycles. The third-order valence-corrected chi connectivity index (χ3v) is 3.56. The van der Waals surface area contributed by atoms with Gasteiger partial charge in [-0.3, -0.25) is 0 Å². The highest BCUT2D eigenvalue weighted by atomic mass is 79.9. The van der Waals surface area contributed by atoms with Gasteiger partial charge in [-0.2, -0.15) is 0 Å². The van der Waals surface area contributed by atoms with Gasteiger partial charge in [-0.25, -0.2) is 9.97 Å². The fourth-order valence-corrected chi connectivity index (χ4v) is 2.30. The smallest absolute Gasteiger partial charge is 0.148 e. The fourth-order valence-electron chi connectivity index (χ4n) is 1.87. The predicted octanol–water partition coefficient (Wildman–Crippen LogP) is 1.81. The maximum Gasteiger partial charge on any atom is 0.148 e. The average Bonchev–Trinajstić information content (AvgIpc) is 2.33. The van der Waals surface area contributed by atoms with Crippen LogP contribution in [0.4, 0.5) is 11.6 Å². The van der Waals surface area contributed by atoms with Gasteiger partial charge in [0, 0.05) is 12.6 Å². The Morgan fingerprint density at radius 3 is 2.59 bits per heavy atom. The highest BCUT2D eigenvalue weighted by molar-refractivity contribution is 9.10. The minimum atomic E-state index is 0.0901. The lowest BCUT2D eigenvalue weighted by Crippen LogP contribution is -2.37. The van der Waals surface area contributed by atoms with E-state index in [0.29, 0.717) is 22.9 Å². The van der Waals surface area contributed by atoms with Crippen molar-refractivity contribution in [1.82, 2.24) is 9.97 Å². The molecule has 1 rings (SSSR count). The highest BCUT2D eigenvalue weighted by Gasteiger charge is 2.20. The standard InChI is InChI=1S/C11H19BrN4O/c1-3-8(4-2)16(5-6-17)11-9(12)10(13)14-7-15-11/h7-8,17H,3-6H2,1-2H3,(H2,13,14,15). The molecule has 3 N–H and O–H groups in total. The van der Waals surface area contributed by atoms with Gasteiger partial charge in [-0.1, -0.05) is 13.8 Å². The zero-order valence-electron chi connectivity index (χ0n) is 10.2. The third-order valence-electron chi connectivity index (χ3n) is 2.79. The average molecular weight is 303 g/mol. The first-order chi connectivity index (χ1) is 8.15. The van der Waals surface area contributed by atoms with Gasteiger partial charge in [0.2, 0.25) is 0 Å². The first-order valence-electron chi connectivity index (χ1n) is 5.79. The maximum atomic E-state index is 9.17. The summed E-state index contributed by atoms with van der Waals surface area (Å²) >= 11 is 3.40. The first-order valence-corrected chi connectivity index (χ1v) is 6.58. The quantitative estimate of drug-likeness (QED) is 0.838. The van der Waals surface area contributed by atoms with Crippen molar-refractivity contribution in [3.63, 3.8) is 0 Å². The van der Waals surface area contributed by atoms with Gasteiger partial charge in [0.05, 0.1) is 6.61 Å². The lowest BCUT2D eigenvalue weighted by Gasteiger charge is -2.31. The summed E-state index contributed by atoms with van der Waals surface area (Å²) < 4.78 is 0.695. The fraction of sp³-hybridized carbons (Fsp3) is 0.636. The molecular formula is C11H19BrN4O. The molecule has 1 aromatic heterocycles. The molecule has 0 aromatic carbocycles. The zero-order valence-corrected chi connectivity index (χ0v) is 11.8. The summed E-state index contributed by atoms with van der Waals surface area (Å²) in [4.78, 5) is 10.2. The van der Waals surface area contributed by atoms with Gasteiger partial charge >= 0.3 is 0 Å². The molecule has 0 atom stereocenters. The molecule has 0 aliphatic heterocycles. The number of aliphatic hydroxyl groups is 1. The summed E-state index contributed by atoms with van der Waals surface area (Å²) in [5.74, 6) is 1.17. The Morgan fingerprint density at radius 2 is 2.06 bits per heavy atom. The SMILES string of the molecule is CCC(CC)N(CCO)c1ncnc(N)c1Br. The summed E-state index contributed by atoms with van der Waals surface area (Å²) in [5.41, 5.74) is 5.75. The molecule has 1 heterocycles. The number of nitrogens with two attached hydrogens (primary N) is 1. The van der Waals surface area contributed by atoms with Crippen LogP contribution in [0.3, 0.4) is 0 Å². The topological polar surface area (TPSA) is 75.3 Å². The van der Waals surface area contributed by atoms with Crippen molar-refractivity contribution >= 4 is 27.6 Å². The van der Waals surface area contributed by atoms with E-state index in [2.05, 4.69) is 44.6 Å². The molecule has 1 aromatic rings. The number of rotatable bonds is 6. The van der Waals surface area contributed by atoms with E-state index in [0.717, 1.165) is 18.7 Å². The number of hydrogen-bond acceptors (Lipinski definition) is 5. The van der Waals surface area contributed by atoms with Crippen molar-refractivity contribution in [3.8, 4) is 0 Å². The molecule has 0 saturated heterocycles. The molecule has 0 amide bonds. The Hall–Kier alpha value is -0.880. The van der Waals surface area contributed by atoms with Crippen molar-refractivity contribution in [2.45, 2.75) is 32.7 Å². The van der Waals surface area contributed by atoms with Gasteiger partial charge in [-0.05, 0) is 28.8 Å². The Balaban J connectivity index is 3.08. The van der Waals surface area contributed by atoms with Gasteiger partial charge in [0.1, 0.15) is 22.4 Å². The Morgan fingerprint density at radius 1 is 1.41 bits per heavy atom. The van der Waals surface area contributed by atoms with Crippen LogP contribution in [0.25, 0.3) is 0 Å². The predicted molar refractivity (Wildman–Crippen MR) is 72.9 cm³/mol. The van der Waals surface area contributed by atoms with Crippen LogP contribution in [-0.4, -0.2) is 34.3 Å². The van der Waals surface area contributed by atoms with Crippen LogP contribution in [0.5, 0.6) is 0 Å². The van der Waals surface area contributed by atoms with E-state index in [1.807, 2.05) is 0 Å². The third kappa shape index (κ3) is 3.29. The summed E-state index contributed by atoms with van der Waals surface area (Å²) in [6.45, 7) is 4.88. The lowest BCUT2D eigenvalue weighted by molar-refractivity contribution is 0.295. The Kier molecular flexibility index (Phi) is 5.64. The summed E-state index contributed by atoms with van der Waals surface area (Å²) in [6.07, 6.45) is 3.43. The van der Waals surface area contributed by atoms with Gasteiger partial charge in [-0.15, -0.1) is 0 Å². The molecule has 0 bridgehead atoms. The Bertz CT molecular complexity index is 357. The second-order valence-corrected chi connectivity index (χ2v) is 4.58. The molecule has 6 heteroatoms. The van der Waals surface area contributed by atoms with Gasteiger partial charge < -0.3 is 15.7 Å². The minimum absolute atomic E-state index is 0.0901. The first kappa shape index (κ1) is 14.2. The molecule has 0 unspecified atom stereocenters. The molecule has 0 aliphatic rings. The van der Waals surface area contributed by atoms with Crippen LogP contribution in [0, 0.1) is 0 Å². The van der Waals surface area contributed by atoms with E-state index in [-0.39, 0.29) is 6.61 Å². The number of hydrogen-bond donors (Lipinski definition) is 2. The van der Waals surface area contributed by atoms with Crippen molar-refractivity contribution in [2.75, 3.05) is 23.8 Å². The summed E-state index contributed by atoms with van der Waals surface area (Å²) in [7, 11) is 0. The van der Waals surface area contributed by atoms with Gasteiger partial charge in [0.15, 0.2) is 0 Å². The van der Waals surface area contributed by atoms with E-state index < -0.39 is 0 Å². The summed E-state index contributed by atoms with van der Waals surface area (Å²) in [6, 6.07) is 0.341. The molecule has 5 nitrogen and oxygen atoms in total. The van der Waals surface area contributed by atoms with Crippen molar-refractivity contribution < 1.29 is 5.11 Å². The molecule has 0 radical (unpaired) electrons. The summed E-state index contributed by atoms with van der Waals surface area (Å²) in [5, 5.41) is 9.17. The van der Waals surface area contributed by atoms with Crippen LogP contribution < -0.4 is 10.6 Å². The van der Waals surface area contributed by atoms with E-state index in [4.69, 9.17) is 10.8 Å². The molecule has 17 heavy (non-hydrogen) atoms. The number of anilines is 2. The molecule has 0 aliphatic carbocycles. The van der Waals surface area contributed by atoms with Crippen LogP contribution >= 0.6 is 15.9 Å². The van der Waals surface area contributed by atoms with Crippen molar-refractivity contribution in [2.24, 2.45) is 0 Å². The molecule has 0 fully saturated rings. The van der Waals surface area contributed by atoms with E-state index in [9.17, 15) is 0 Å². The van der Waals surface area contributed by atoms with E-state index in [1.54, 1.807) is 0 Å². The Labute approximate surface area is 110 Å². The number of halogens is 1. The zero-order chi connectivity index (χ0) is 12.8. The number of nitrogen functional groups attached to an aromatic ring is 1. The normalized spacial score (nSPS) is 10.9. The largest absolute Gasteiger partial charge is 0.395 e. The second kappa shape index (κ2) is 6.76. The second-order valence-electron chi connectivity index (χ2n) is 3.78. The molecular weight excluding hydrogens is 284 g/mol. The number of aliphatic hydroxyl groups excluding tert-OH is 1. The minimum Gasteiger partial charge on any atom is -0.395 e. The van der Waals surface area contributed by atoms with E-state index >= 15 is 0 Å². The number of nitrogens with zero attached hydrogens (tertiary/aromatic N) is 3. The van der Waals surface area contributed by atoms with Crippen LogP contribution in [0.15, 0.2) is 10.8 Å². The van der Waals surface area contributed by atoms with Crippen LogP contribution in [0.2, 0.25) is 0 Å². The highest BCUT2D eigenvalue weighted by Crippen LogP contribution is 2.29. The maximum absolute atomic E-state index is 9.17. The monoisotopic (exact) mass is 302 g/mol. The lowest BCUT2D eigenvalue weighted by atomic mass is 10.1. The molecule has 96 valence electrons. The van der Waals surface area contributed by atoms with Crippen LogP contribution in [0.1, 0.15) is 26.7 Å². The van der Waals surface area contributed by atoms with Crippen molar-refractivity contribution in [1.29, 1.82) is 0 Å². The molecule has 0 spiro atoms. The van der Waals surface area contributed by atoms with E-state index in [1.165, 1.54) is 6.33 Å².